The summed E-state index contributed by atoms with van der Waals surface area (Å²) >= 11 is 0. The van der Waals surface area contributed by atoms with Crippen molar-refractivity contribution in [3.8, 4) is 17.2 Å². The number of phenolic OH excluding ortho intramolecular Hbond substituents is 2. The van der Waals surface area contributed by atoms with Gasteiger partial charge in [-0.15, -0.1) is 0 Å². The second-order valence-electron chi connectivity index (χ2n) is 1.74. The van der Waals surface area contributed by atoms with Crippen LogP contribution in [0, 0.1) is 6.07 Å². The van der Waals surface area contributed by atoms with E-state index < -0.39 is 0 Å². The topological polar surface area (TPSA) is 49.7 Å². The maximum atomic E-state index is 8.99. The van der Waals surface area contributed by atoms with Crippen LogP contribution in [0.25, 0.3) is 0 Å². The van der Waals surface area contributed by atoms with E-state index in [1.165, 1.54) is 19.2 Å². The number of aromatic hydroxyl groups is 2. The van der Waals surface area contributed by atoms with Crippen molar-refractivity contribution in [1.82, 2.24) is 0 Å². The van der Waals surface area contributed by atoms with Gasteiger partial charge in [-0.2, -0.15) is 0 Å². The Balaban J connectivity index is 3.14. The molecule has 0 spiro atoms. The van der Waals surface area contributed by atoms with Gasteiger partial charge in [-0.1, -0.05) is 0 Å². The second-order valence-corrected chi connectivity index (χ2v) is 1.74. The predicted molar refractivity (Wildman–Crippen MR) is 35.2 cm³/mol. The Morgan fingerprint density at radius 1 is 1.50 bits per heavy atom. The summed E-state index contributed by atoms with van der Waals surface area (Å²) in [6, 6.07) is 5.39. The molecular weight excluding hydrogens is 132 g/mol. The summed E-state index contributed by atoms with van der Waals surface area (Å²) in [7, 11) is 1.39. The lowest BCUT2D eigenvalue weighted by atomic mass is 10.3. The maximum Gasteiger partial charge on any atom is 0.201 e. The summed E-state index contributed by atoms with van der Waals surface area (Å²) in [5.41, 5.74) is 0. The molecule has 0 saturated carbocycles. The van der Waals surface area contributed by atoms with Crippen LogP contribution < -0.4 is 4.74 Å². The highest BCUT2D eigenvalue weighted by Crippen LogP contribution is 2.33. The van der Waals surface area contributed by atoms with Crippen LogP contribution in [-0.2, 0) is 0 Å². The van der Waals surface area contributed by atoms with E-state index in [9.17, 15) is 0 Å². The van der Waals surface area contributed by atoms with Gasteiger partial charge in [0.25, 0.3) is 0 Å². The number of rotatable bonds is 1. The minimum Gasteiger partial charge on any atom is -0.504 e. The number of ether oxygens (including phenoxy) is 1. The highest BCUT2D eigenvalue weighted by Gasteiger charge is 2.03. The summed E-state index contributed by atoms with van der Waals surface area (Å²) in [6.07, 6.45) is 0. The Morgan fingerprint density at radius 2 is 2.20 bits per heavy atom. The van der Waals surface area contributed by atoms with E-state index in [0.717, 1.165) is 0 Å². The van der Waals surface area contributed by atoms with E-state index in [-0.39, 0.29) is 17.2 Å². The summed E-state index contributed by atoms with van der Waals surface area (Å²) in [6.45, 7) is 0. The molecule has 0 aromatic heterocycles. The molecule has 0 saturated heterocycles. The van der Waals surface area contributed by atoms with Crippen molar-refractivity contribution in [3.05, 3.63) is 18.2 Å². The van der Waals surface area contributed by atoms with Crippen molar-refractivity contribution in [1.29, 1.82) is 0 Å². The number of benzene rings is 1. The van der Waals surface area contributed by atoms with Gasteiger partial charge < -0.3 is 14.9 Å². The van der Waals surface area contributed by atoms with Gasteiger partial charge in [-0.25, -0.2) is 0 Å². The first kappa shape index (κ1) is 6.74. The molecule has 1 radical (unpaired) electrons. The van der Waals surface area contributed by atoms with Gasteiger partial charge in [0.05, 0.1) is 7.11 Å². The Bertz CT molecular complexity index is 232. The molecule has 0 aliphatic rings. The zero-order chi connectivity index (χ0) is 7.56. The molecule has 53 valence electrons. The number of hydrogen-bond donors (Lipinski definition) is 2. The highest BCUT2D eigenvalue weighted by atomic mass is 16.5. The second kappa shape index (κ2) is 2.47. The molecule has 0 unspecified atom stereocenters. The Hall–Kier alpha value is -1.38. The number of hydrogen-bond acceptors (Lipinski definition) is 3. The largest absolute Gasteiger partial charge is 0.504 e. The lowest BCUT2D eigenvalue weighted by Gasteiger charge is -2.01. The first-order valence-electron chi connectivity index (χ1n) is 2.72. The lowest BCUT2D eigenvalue weighted by Crippen LogP contribution is -1.82. The number of methoxy groups -OCH3 is 1. The minimum absolute atomic E-state index is 0.153. The normalized spacial score (nSPS) is 9.30. The molecule has 0 heterocycles. The number of phenols is 2. The first-order chi connectivity index (χ1) is 4.75. The van der Waals surface area contributed by atoms with Crippen LogP contribution in [0.15, 0.2) is 12.1 Å². The molecule has 2 N–H and O–H groups in total. The van der Waals surface area contributed by atoms with E-state index in [2.05, 4.69) is 10.8 Å². The van der Waals surface area contributed by atoms with Gasteiger partial charge in [0.15, 0.2) is 11.5 Å². The smallest absolute Gasteiger partial charge is 0.201 e. The van der Waals surface area contributed by atoms with Gasteiger partial charge in [-0.3, -0.25) is 0 Å². The highest BCUT2D eigenvalue weighted by molar-refractivity contribution is 5.47. The van der Waals surface area contributed by atoms with E-state index in [4.69, 9.17) is 10.2 Å². The third kappa shape index (κ3) is 0.978. The summed E-state index contributed by atoms with van der Waals surface area (Å²) < 4.78 is 4.66. The molecule has 3 nitrogen and oxygen atoms in total. The van der Waals surface area contributed by atoms with Gasteiger partial charge in [0.2, 0.25) is 5.75 Å². The Kier molecular flexibility index (Phi) is 1.67. The summed E-state index contributed by atoms with van der Waals surface area (Å²) in [5, 5.41) is 17.9. The molecular formula is C7H7O3. The molecule has 1 rings (SSSR count). The van der Waals surface area contributed by atoms with Gasteiger partial charge in [0.1, 0.15) is 0 Å². The third-order valence-corrected chi connectivity index (χ3v) is 1.12. The third-order valence-electron chi connectivity index (χ3n) is 1.12. The van der Waals surface area contributed by atoms with Crippen molar-refractivity contribution < 1.29 is 14.9 Å². The average Bonchev–Trinajstić information content (AvgIpc) is 1.95. The standard InChI is InChI=1S/C7H7O3/c1-10-6-4-2-3-5(8)7(6)9/h2-3,8-9H,1H3. The quantitative estimate of drug-likeness (QED) is 0.568. The van der Waals surface area contributed by atoms with Gasteiger partial charge in [0, 0.05) is 6.07 Å². The minimum atomic E-state index is -0.273. The predicted octanol–water partition coefficient (Wildman–Crippen LogP) is 0.907. The SMILES string of the molecule is COc1[c]ccc(O)c1O. The van der Waals surface area contributed by atoms with Crippen molar-refractivity contribution in [2.75, 3.05) is 7.11 Å². The lowest BCUT2D eigenvalue weighted by molar-refractivity contribution is 0.350. The monoisotopic (exact) mass is 139 g/mol. The van der Waals surface area contributed by atoms with Crippen molar-refractivity contribution in [3.63, 3.8) is 0 Å². The van der Waals surface area contributed by atoms with E-state index >= 15 is 0 Å². The molecule has 0 bridgehead atoms. The first-order valence-corrected chi connectivity index (χ1v) is 2.72. The zero-order valence-electron chi connectivity index (χ0n) is 5.46. The van der Waals surface area contributed by atoms with E-state index in [1.54, 1.807) is 0 Å². The molecule has 0 amide bonds. The Morgan fingerprint density at radius 3 is 2.70 bits per heavy atom. The van der Waals surface area contributed by atoms with Gasteiger partial charge in [-0.05, 0) is 12.1 Å². The molecule has 0 fully saturated rings. The molecule has 3 heteroatoms. The molecule has 0 aliphatic heterocycles. The van der Waals surface area contributed by atoms with Crippen molar-refractivity contribution in [2.45, 2.75) is 0 Å². The van der Waals surface area contributed by atoms with Gasteiger partial charge >= 0.3 is 0 Å². The molecule has 1 aromatic rings. The fraction of sp³-hybridized carbons (Fsp3) is 0.143. The fourth-order valence-electron chi connectivity index (χ4n) is 0.616. The summed E-state index contributed by atoms with van der Waals surface area (Å²) in [4.78, 5) is 0. The van der Waals surface area contributed by atoms with Crippen LogP contribution in [0.3, 0.4) is 0 Å². The van der Waals surface area contributed by atoms with Crippen LogP contribution in [-0.4, -0.2) is 17.3 Å². The van der Waals surface area contributed by atoms with Crippen LogP contribution in [0.4, 0.5) is 0 Å². The van der Waals surface area contributed by atoms with Crippen molar-refractivity contribution >= 4 is 0 Å². The van der Waals surface area contributed by atoms with Crippen LogP contribution >= 0.6 is 0 Å². The summed E-state index contributed by atoms with van der Waals surface area (Å²) in [5.74, 6) is -0.319. The molecule has 0 atom stereocenters. The molecule has 0 aliphatic carbocycles. The van der Waals surface area contributed by atoms with E-state index in [1.807, 2.05) is 0 Å². The fourth-order valence-corrected chi connectivity index (χ4v) is 0.616. The van der Waals surface area contributed by atoms with Crippen LogP contribution in [0.2, 0.25) is 0 Å². The van der Waals surface area contributed by atoms with Crippen molar-refractivity contribution in [2.24, 2.45) is 0 Å². The zero-order valence-corrected chi connectivity index (χ0v) is 5.46. The van der Waals surface area contributed by atoms with E-state index in [0.29, 0.717) is 0 Å². The Labute approximate surface area is 58.5 Å². The van der Waals surface area contributed by atoms with Crippen LogP contribution in [0.1, 0.15) is 0 Å². The molecule has 10 heavy (non-hydrogen) atoms. The average molecular weight is 139 g/mol. The maximum absolute atomic E-state index is 8.99. The molecule has 1 aromatic carbocycles. The van der Waals surface area contributed by atoms with Crippen LogP contribution in [0.5, 0.6) is 17.2 Å².